The van der Waals surface area contributed by atoms with E-state index < -0.39 is 0 Å². The van der Waals surface area contributed by atoms with Gasteiger partial charge in [0.15, 0.2) is 0 Å². The molecular weight excluding hydrogens is 324 g/mol. The Bertz CT molecular complexity index is 707. The molecule has 0 unspecified atom stereocenters. The Morgan fingerprint density at radius 3 is 2.88 bits per heavy atom. The van der Waals surface area contributed by atoms with Gasteiger partial charge in [0, 0.05) is 23.9 Å². The zero-order valence-electron chi connectivity index (χ0n) is 13.4. The lowest BCUT2D eigenvalue weighted by Gasteiger charge is -2.25. The van der Waals surface area contributed by atoms with E-state index >= 15 is 0 Å². The highest BCUT2D eigenvalue weighted by Gasteiger charge is 2.41. The fourth-order valence-corrected chi connectivity index (χ4v) is 3.96. The van der Waals surface area contributed by atoms with Crippen LogP contribution in [0.1, 0.15) is 29.9 Å². The van der Waals surface area contributed by atoms with E-state index in [0.717, 1.165) is 18.6 Å². The molecule has 0 N–H and O–H groups in total. The predicted octanol–water partition coefficient (Wildman–Crippen LogP) is 2.88. The highest BCUT2D eigenvalue weighted by molar-refractivity contribution is 7.09. The van der Waals surface area contributed by atoms with Crippen molar-refractivity contribution in [2.45, 2.75) is 38.4 Å². The Balaban J connectivity index is 1.42. The van der Waals surface area contributed by atoms with E-state index in [4.69, 9.17) is 4.42 Å². The molecule has 0 bridgehead atoms. The Morgan fingerprint density at radius 1 is 1.33 bits per heavy atom. The van der Waals surface area contributed by atoms with E-state index in [9.17, 15) is 9.59 Å². The van der Waals surface area contributed by atoms with Crippen LogP contribution in [0.5, 0.6) is 0 Å². The molecule has 0 spiro atoms. The van der Waals surface area contributed by atoms with Crippen LogP contribution >= 0.6 is 11.3 Å². The van der Waals surface area contributed by atoms with Gasteiger partial charge in [0.05, 0.1) is 25.3 Å². The van der Waals surface area contributed by atoms with Gasteiger partial charge >= 0.3 is 0 Å². The maximum absolute atomic E-state index is 13.0. The Kier molecular flexibility index (Phi) is 4.14. The SMILES string of the molecule is O=C1C[C@@H](C(=O)N(Cc2cccs2)C2CC2)CN1Cc1ccco1. The van der Waals surface area contributed by atoms with E-state index in [-0.39, 0.29) is 17.7 Å². The van der Waals surface area contributed by atoms with Crippen molar-refractivity contribution in [3.05, 3.63) is 46.5 Å². The first-order valence-electron chi connectivity index (χ1n) is 8.34. The van der Waals surface area contributed by atoms with Gasteiger partial charge in [0.25, 0.3) is 0 Å². The minimum atomic E-state index is -0.229. The number of rotatable bonds is 6. The molecule has 0 radical (unpaired) electrons. The molecular formula is C18H20N2O3S. The summed E-state index contributed by atoms with van der Waals surface area (Å²) in [4.78, 5) is 30.2. The maximum atomic E-state index is 13.0. The van der Waals surface area contributed by atoms with E-state index in [2.05, 4.69) is 6.07 Å². The van der Waals surface area contributed by atoms with Crippen LogP contribution in [0.2, 0.25) is 0 Å². The van der Waals surface area contributed by atoms with Gasteiger partial charge in [-0.3, -0.25) is 9.59 Å². The van der Waals surface area contributed by atoms with Crippen molar-refractivity contribution in [2.75, 3.05) is 6.54 Å². The summed E-state index contributed by atoms with van der Waals surface area (Å²) in [5, 5.41) is 2.04. The van der Waals surface area contributed by atoms with E-state index in [1.165, 1.54) is 4.88 Å². The summed E-state index contributed by atoms with van der Waals surface area (Å²) in [7, 11) is 0. The van der Waals surface area contributed by atoms with Crippen LogP contribution in [0.25, 0.3) is 0 Å². The summed E-state index contributed by atoms with van der Waals surface area (Å²) in [6.07, 6.45) is 4.07. The summed E-state index contributed by atoms with van der Waals surface area (Å²) < 4.78 is 5.32. The molecule has 1 saturated carbocycles. The number of amides is 2. The first-order chi connectivity index (χ1) is 11.7. The molecule has 2 amide bonds. The highest BCUT2D eigenvalue weighted by atomic mass is 32.1. The van der Waals surface area contributed by atoms with Crippen LogP contribution in [-0.4, -0.2) is 34.2 Å². The van der Waals surface area contributed by atoms with E-state index in [0.29, 0.717) is 32.1 Å². The molecule has 2 aliphatic rings. The Labute approximate surface area is 144 Å². The van der Waals surface area contributed by atoms with Crippen LogP contribution in [0.4, 0.5) is 0 Å². The molecule has 2 fully saturated rings. The van der Waals surface area contributed by atoms with Gasteiger partial charge in [0.1, 0.15) is 5.76 Å². The van der Waals surface area contributed by atoms with Crippen LogP contribution in [-0.2, 0) is 22.7 Å². The van der Waals surface area contributed by atoms with Crippen molar-refractivity contribution in [2.24, 2.45) is 5.92 Å². The number of hydrogen-bond acceptors (Lipinski definition) is 4. The van der Waals surface area contributed by atoms with Gasteiger partial charge in [-0.2, -0.15) is 0 Å². The monoisotopic (exact) mass is 344 g/mol. The molecule has 1 aliphatic heterocycles. The summed E-state index contributed by atoms with van der Waals surface area (Å²) >= 11 is 1.68. The molecule has 3 heterocycles. The summed E-state index contributed by atoms with van der Waals surface area (Å²) in [6, 6.07) is 8.11. The topological polar surface area (TPSA) is 53.8 Å². The summed E-state index contributed by atoms with van der Waals surface area (Å²) in [5.74, 6) is 0.694. The van der Waals surface area contributed by atoms with Crippen molar-refractivity contribution in [1.82, 2.24) is 9.80 Å². The van der Waals surface area contributed by atoms with Crippen LogP contribution in [0.15, 0.2) is 40.3 Å². The lowest BCUT2D eigenvalue weighted by atomic mass is 10.1. The standard InChI is InChI=1S/C18H20N2O3S/c21-17-9-13(10-19(17)11-15-3-1-7-23-15)18(22)20(14-5-6-14)12-16-4-2-8-24-16/h1-4,7-8,13-14H,5-6,9-12H2/t13-/m1/s1. The van der Waals surface area contributed by atoms with Gasteiger partial charge in [-0.1, -0.05) is 6.07 Å². The van der Waals surface area contributed by atoms with Gasteiger partial charge in [0.2, 0.25) is 11.8 Å². The van der Waals surface area contributed by atoms with Gasteiger partial charge < -0.3 is 14.2 Å². The Morgan fingerprint density at radius 2 is 2.21 bits per heavy atom. The highest BCUT2D eigenvalue weighted by Crippen LogP contribution is 2.32. The summed E-state index contributed by atoms with van der Waals surface area (Å²) in [5.41, 5.74) is 0. The number of thiophene rings is 1. The average molecular weight is 344 g/mol. The van der Waals surface area contributed by atoms with Gasteiger partial charge in [-0.05, 0) is 36.4 Å². The van der Waals surface area contributed by atoms with Crippen LogP contribution in [0.3, 0.4) is 0 Å². The molecule has 1 aliphatic carbocycles. The first-order valence-corrected chi connectivity index (χ1v) is 9.21. The van der Waals surface area contributed by atoms with Crippen molar-refractivity contribution < 1.29 is 14.0 Å². The minimum Gasteiger partial charge on any atom is -0.467 e. The van der Waals surface area contributed by atoms with E-state index in [1.807, 2.05) is 28.5 Å². The second kappa shape index (κ2) is 6.43. The molecule has 4 rings (SSSR count). The zero-order valence-corrected chi connectivity index (χ0v) is 14.2. The quantitative estimate of drug-likeness (QED) is 0.810. The molecule has 1 saturated heterocycles. The van der Waals surface area contributed by atoms with E-state index in [1.54, 1.807) is 22.5 Å². The molecule has 2 aromatic rings. The van der Waals surface area contributed by atoms with Crippen molar-refractivity contribution in [3.8, 4) is 0 Å². The van der Waals surface area contributed by atoms with Crippen LogP contribution in [0, 0.1) is 5.92 Å². The average Bonchev–Trinajstić information content (AvgIpc) is 2.98. The number of furan rings is 1. The number of hydrogen-bond donors (Lipinski definition) is 0. The third-order valence-electron chi connectivity index (χ3n) is 4.67. The van der Waals surface area contributed by atoms with Crippen molar-refractivity contribution in [3.63, 3.8) is 0 Å². The third kappa shape index (κ3) is 3.24. The number of likely N-dealkylation sites (tertiary alicyclic amines) is 1. The molecule has 6 heteroatoms. The molecule has 2 aromatic heterocycles. The van der Waals surface area contributed by atoms with Crippen molar-refractivity contribution >= 4 is 23.2 Å². The normalized spacial score (nSPS) is 20.6. The zero-order chi connectivity index (χ0) is 16.5. The largest absolute Gasteiger partial charge is 0.467 e. The second-order valence-corrected chi connectivity index (χ2v) is 7.56. The summed E-state index contributed by atoms with van der Waals surface area (Å²) in [6.45, 7) is 1.61. The molecule has 0 aromatic carbocycles. The third-order valence-corrected chi connectivity index (χ3v) is 5.53. The van der Waals surface area contributed by atoms with Crippen LogP contribution < -0.4 is 0 Å². The number of nitrogens with zero attached hydrogens (tertiary/aromatic N) is 2. The lowest BCUT2D eigenvalue weighted by Crippen LogP contribution is -2.38. The second-order valence-electron chi connectivity index (χ2n) is 6.53. The van der Waals surface area contributed by atoms with Gasteiger partial charge in [-0.15, -0.1) is 11.3 Å². The fraction of sp³-hybridized carbons (Fsp3) is 0.444. The number of carbonyl (C=O) groups excluding carboxylic acids is 2. The predicted molar refractivity (Wildman–Crippen MR) is 90.1 cm³/mol. The first kappa shape index (κ1) is 15.4. The fourth-order valence-electron chi connectivity index (χ4n) is 3.26. The molecule has 5 nitrogen and oxygen atoms in total. The van der Waals surface area contributed by atoms with Gasteiger partial charge in [-0.25, -0.2) is 0 Å². The van der Waals surface area contributed by atoms with Crippen molar-refractivity contribution in [1.29, 1.82) is 0 Å². The lowest BCUT2D eigenvalue weighted by molar-refractivity contribution is -0.137. The number of carbonyl (C=O) groups is 2. The minimum absolute atomic E-state index is 0.0385. The molecule has 24 heavy (non-hydrogen) atoms. The maximum Gasteiger partial charge on any atom is 0.228 e. The Hall–Kier alpha value is -2.08. The molecule has 1 atom stereocenters. The molecule has 126 valence electrons. The smallest absolute Gasteiger partial charge is 0.228 e.